The molecule has 206 valence electrons. The van der Waals surface area contributed by atoms with E-state index in [-0.39, 0.29) is 18.6 Å². The summed E-state index contributed by atoms with van der Waals surface area (Å²) in [5.74, 6) is 1.29. The number of carboxylic acids is 1. The lowest BCUT2D eigenvalue weighted by atomic mass is 9.75. The van der Waals surface area contributed by atoms with Crippen LogP contribution in [0.4, 0.5) is 0 Å². The normalized spacial score (nSPS) is 21.8. The van der Waals surface area contributed by atoms with E-state index in [1.165, 1.54) is 34.9 Å². The molecule has 6 heteroatoms. The van der Waals surface area contributed by atoms with E-state index in [2.05, 4.69) is 72.0 Å². The van der Waals surface area contributed by atoms with E-state index in [9.17, 15) is 14.7 Å². The lowest BCUT2D eigenvalue weighted by molar-refractivity contribution is -0.143. The zero-order valence-corrected chi connectivity index (χ0v) is 24.6. The number of hydrogen-bond donors (Lipinski definition) is 2. The first-order chi connectivity index (χ1) is 17.0. The molecule has 0 unspecified atom stereocenters. The first-order valence-corrected chi connectivity index (χ1v) is 14.8. The van der Waals surface area contributed by atoms with Gasteiger partial charge in [-0.2, -0.15) is 11.8 Å². The van der Waals surface area contributed by atoms with E-state index in [1.54, 1.807) is 0 Å². The minimum atomic E-state index is -1.00. The SMILES string of the molecule is CC(C)=CCC/C(C)=C/CC/C(C)=C/CSC[C@H](NC(=O)CO[C@@H]1C[C@H](C)CC[C@H]1C(C)C)C(=O)O. The third-order valence-electron chi connectivity index (χ3n) is 6.98. The van der Waals surface area contributed by atoms with Crippen molar-refractivity contribution < 1.29 is 19.4 Å². The van der Waals surface area contributed by atoms with Gasteiger partial charge in [0.15, 0.2) is 0 Å². The lowest BCUT2D eigenvalue weighted by Crippen LogP contribution is -2.45. The van der Waals surface area contributed by atoms with Crippen LogP contribution in [0, 0.1) is 17.8 Å². The van der Waals surface area contributed by atoms with Crippen LogP contribution in [0.15, 0.2) is 34.9 Å². The quantitative estimate of drug-likeness (QED) is 0.166. The molecule has 0 radical (unpaired) electrons. The first-order valence-electron chi connectivity index (χ1n) is 13.7. The van der Waals surface area contributed by atoms with Crippen LogP contribution in [0.1, 0.15) is 93.4 Å². The monoisotopic (exact) mass is 521 g/mol. The molecule has 36 heavy (non-hydrogen) atoms. The molecule has 1 aliphatic rings. The Morgan fingerprint density at radius 1 is 1.03 bits per heavy atom. The topological polar surface area (TPSA) is 75.6 Å². The summed E-state index contributed by atoms with van der Waals surface area (Å²) in [5, 5.41) is 12.2. The highest BCUT2D eigenvalue weighted by atomic mass is 32.2. The number of carbonyl (C=O) groups is 2. The fourth-order valence-electron chi connectivity index (χ4n) is 4.63. The maximum atomic E-state index is 12.4. The number of carboxylic acid groups (broad SMARTS) is 1. The minimum Gasteiger partial charge on any atom is -0.480 e. The van der Waals surface area contributed by atoms with E-state index >= 15 is 0 Å². The maximum absolute atomic E-state index is 12.4. The van der Waals surface area contributed by atoms with Crippen LogP contribution < -0.4 is 5.32 Å². The van der Waals surface area contributed by atoms with Crippen molar-refractivity contribution in [1.29, 1.82) is 0 Å². The smallest absolute Gasteiger partial charge is 0.327 e. The molecular formula is C30H51NO4S. The fourth-order valence-corrected chi connectivity index (χ4v) is 5.63. The summed E-state index contributed by atoms with van der Waals surface area (Å²) in [5.41, 5.74) is 4.10. The number of ether oxygens (including phenoxy) is 1. The van der Waals surface area contributed by atoms with Gasteiger partial charge in [0.2, 0.25) is 5.91 Å². The second kappa shape index (κ2) is 17.8. The Balaban J connectivity index is 2.38. The predicted octanol–water partition coefficient (Wildman–Crippen LogP) is 7.19. The largest absolute Gasteiger partial charge is 0.480 e. The summed E-state index contributed by atoms with van der Waals surface area (Å²) >= 11 is 1.53. The molecule has 1 rings (SSSR count). The molecule has 0 aliphatic heterocycles. The molecule has 5 nitrogen and oxygen atoms in total. The van der Waals surface area contributed by atoms with Gasteiger partial charge in [-0.15, -0.1) is 0 Å². The van der Waals surface area contributed by atoms with Gasteiger partial charge in [-0.1, -0.05) is 62.1 Å². The van der Waals surface area contributed by atoms with Crippen LogP contribution >= 0.6 is 11.8 Å². The van der Waals surface area contributed by atoms with Gasteiger partial charge in [0.05, 0.1) is 6.10 Å². The van der Waals surface area contributed by atoms with Crippen molar-refractivity contribution in [1.82, 2.24) is 5.32 Å². The number of thioether (sulfide) groups is 1. The second-order valence-electron chi connectivity index (χ2n) is 11.1. The van der Waals surface area contributed by atoms with Crippen molar-refractivity contribution in [3.63, 3.8) is 0 Å². The molecular weight excluding hydrogens is 470 g/mol. The van der Waals surface area contributed by atoms with Gasteiger partial charge in [-0.05, 0) is 84.0 Å². The Morgan fingerprint density at radius 2 is 1.67 bits per heavy atom. The van der Waals surface area contributed by atoms with Crippen molar-refractivity contribution >= 4 is 23.6 Å². The molecule has 0 spiro atoms. The molecule has 1 saturated carbocycles. The number of aliphatic carboxylic acids is 1. The summed E-state index contributed by atoms with van der Waals surface area (Å²) in [6.07, 6.45) is 14.4. The van der Waals surface area contributed by atoms with E-state index in [1.807, 2.05) is 0 Å². The summed E-state index contributed by atoms with van der Waals surface area (Å²) in [6, 6.07) is -0.905. The van der Waals surface area contributed by atoms with Crippen LogP contribution in [0.25, 0.3) is 0 Å². The van der Waals surface area contributed by atoms with Gasteiger partial charge in [0.1, 0.15) is 12.6 Å². The molecule has 0 aromatic heterocycles. The Kier molecular flexibility index (Phi) is 16.1. The zero-order valence-electron chi connectivity index (χ0n) is 23.8. The fraction of sp³-hybridized carbons (Fsp3) is 0.733. The maximum Gasteiger partial charge on any atom is 0.327 e. The predicted molar refractivity (Wildman–Crippen MR) is 153 cm³/mol. The zero-order chi connectivity index (χ0) is 27.1. The van der Waals surface area contributed by atoms with E-state index < -0.39 is 12.0 Å². The number of amides is 1. The highest BCUT2D eigenvalue weighted by Gasteiger charge is 2.32. The van der Waals surface area contributed by atoms with Gasteiger partial charge in [-0.3, -0.25) is 4.79 Å². The third kappa shape index (κ3) is 14.3. The standard InChI is InChI=1S/C30H51NO4S/c1-21(2)10-8-11-23(5)12-9-13-24(6)16-17-36-20-27(30(33)34)31-29(32)19-35-28-18-25(7)14-15-26(28)22(3)4/h10,12,16,22,25-28H,8-9,11,13-15,17-20H2,1-7H3,(H,31,32)(H,33,34)/b23-12+,24-16+/t25-,26+,27+,28-/m1/s1. The van der Waals surface area contributed by atoms with Gasteiger partial charge in [0.25, 0.3) is 0 Å². The van der Waals surface area contributed by atoms with Crippen LogP contribution in [0.5, 0.6) is 0 Å². The molecule has 1 aliphatic carbocycles. The summed E-state index contributed by atoms with van der Waals surface area (Å²) in [6.45, 7) is 15.1. The number of carbonyl (C=O) groups excluding carboxylic acids is 1. The van der Waals surface area contributed by atoms with Crippen LogP contribution in [0.3, 0.4) is 0 Å². The molecule has 0 bridgehead atoms. The van der Waals surface area contributed by atoms with Gasteiger partial charge in [-0.25, -0.2) is 4.79 Å². The second-order valence-corrected chi connectivity index (χ2v) is 12.2. The Labute approximate surface area is 224 Å². The highest BCUT2D eigenvalue weighted by Crippen LogP contribution is 2.35. The van der Waals surface area contributed by atoms with Crippen LogP contribution in [-0.4, -0.2) is 47.2 Å². The van der Waals surface area contributed by atoms with Crippen molar-refractivity contribution in [2.24, 2.45) is 17.8 Å². The van der Waals surface area contributed by atoms with Crippen molar-refractivity contribution in [2.75, 3.05) is 18.1 Å². The lowest BCUT2D eigenvalue weighted by Gasteiger charge is -2.37. The Bertz CT molecular complexity index is 767. The summed E-state index contributed by atoms with van der Waals surface area (Å²) in [4.78, 5) is 24.1. The summed E-state index contributed by atoms with van der Waals surface area (Å²) in [7, 11) is 0. The van der Waals surface area contributed by atoms with Gasteiger partial charge >= 0.3 is 5.97 Å². The molecule has 0 aromatic carbocycles. The third-order valence-corrected chi connectivity index (χ3v) is 7.95. The number of allylic oxidation sites excluding steroid dienone is 5. The number of hydrogen-bond acceptors (Lipinski definition) is 4. The average Bonchev–Trinajstić information content (AvgIpc) is 2.79. The Morgan fingerprint density at radius 3 is 2.28 bits per heavy atom. The number of nitrogens with one attached hydrogen (secondary N) is 1. The van der Waals surface area contributed by atoms with E-state index in [0.29, 0.717) is 23.5 Å². The van der Waals surface area contributed by atoms with Crippen molar-refractivity contribution in [3.8, 4) is 0 Å². The van der Waals surface area contributed by atoms with Crippen LogP contribution in [-0.2, 0) is 14.3 Å². The molecule has 1 fully saturated rings. The van der Waals surface area contributed by atoms with E-state index in [0.717, 1.165) is 44.3 Å². The molecule has 0 saturated heterocycles. The molecule has 0 aromatic rings. The van der Waals surface area contributed by atoms with Gasteiger partial charge in [0, 0.05) is 11.5 Å². The molecule has 2 N–H and O–H groups in total. The van der Waals surface area contributed by atoms with Crippen LogP contribution in [0.2, 0.25) is 0 Å². The summed E-state index contributed by atoms with van der Waals surface area (Å²) < 4.78 is 5.98. The van der Waals surface area contributed by atoms with Crippen molar-refractivity contribution in [3.05, 3.63) is 34.9 Å². The highest BCUT2D eigenvalue weighted by molar-refractivity contribution is 7.99. The van der Waals surface area contributed by atoms with Gasteiger partial charge < -0.3 is 15.2 Å². The average molecular weight is 522 g/mol. The Hall–Kier alpha value is -1.53. The molecule has 1 amide bonds. The van der Waals surface area contributed by atoms with E-state index in [4.69, 9.17) is 4.74 Å². The number of rotatable bonds is 16. The molecule has 0 heterocycles. The molecule has 4 atom stereocenters. The minimum absolute atomic E-state index is 0.0706. The van der Waals surface area contributed by atoms with Crippen molar-refractivity contribution in [2.45, 2.75) is 106 Å². The first kappa shape index (κ1) is 32.5.